The number of aryl methyl sites for hydroxylation is 1. The lowest BCUT2D eigenvalue weighted by Crippen LogP contribution is -2.24. The summed E-state index contributed by atoms with van der Waals surface area (Å²) in [5.74, 6) is 1.66. The van der Waals surface area contributed by atoms with Crippen LogP contribution in [0.3, 0.4) is 0 Å². The van der Waals surface area contributed by atoms with Crippen molar-refractivity contribution in [3.63, 3.8) is 0 Å². The fraction of sp³-hybridized carbons (Fsp3) is 0.529. The van der Waals surface area contributed by atoms with E-state index >= 15 is 0 Å². The predicted octanol–water partition coefficient (Wildman–Crippen LogP) is 2.96. The topological polar surface area (TPSA) is 46.9 Å². The van der Waals surface area contributed by atoms with Crippen molar-refractivity contribution in [2.45, 2.75) is 51.6 Å². The zero-order valence-electron chi connectivity index (χ0n) is 12.4. The van der Waals surface area contributed by atoms with Crippen LogP contribution in [0.15, 0.2) is 18.2 Å². The van der Waals surface area contributed by atoms with E-state index in [4.69, 9.17) is 4.98 Å². The largest absolute Gasteiger partial charge is 0.352 e. The van der Waals surface area contributed by atoms with Crippen LogP contribution in [0, 0.1) is 5.92 Å². The number of imidazole rings is 1. The first-order valence-electron chi connectivity index (χ1n) is 8.03. The summed E-state index contributed by atoms with van der Waals surface area (Å²) >= 11 is 0. The molecule has 2 aromatic rings. The van der Waals surface area contributed by atoms with Gasteiger partial charge in [-0.3, -0.25) is 4.79 Å². The highest BCUT2D eigenvalue weighted by Crippen LogP contribution is 2.38. The number of nitrogens with one attached hydrogen (secondary N) is 1. The Morgan fingerprint density at radius 3 is 2.81 bits per heavy atom. The molecule has 2 aliphatic carbocycles. The van der Waals surface area contributed by atoms with Crippen LogP contribution in [0.1, 0.15) is 50.0 Å². The van der Waals surface area contributed by atoms with Gasteiger partial charge in [-0.05, 0) is 43.4 Å². The Morgan fingerprint density at radius 1 is 1.33 bits per heavy atom. The molecule has 2 fully saturated rings. The molecular formula is C17H21N3O. The van der Waals surface area contributed by atoms with E-state index in [0.717, 1.165) is 30.3 Å². The molecule has 110 valence electrons. The molecule has 0 unspecified atom stereocenters. The quantitative estimate of drug-likeness (QED) is 0.917. The summed E-state index contributed by atoms with van der Waals surface area (Å²) in [4.78, 5) is 16.5. The second-order valence-electron chi connectivity index (χ2n) is 6.30. The average Bonchev–Trinajstić information content (AvgIpc) is 3.39. The molecule has 4 rings (SSSR count). The summed E-state index contributed by atoms with van der Waals surface area (Å²) in [6.45, 7) is 2.78. The highest BCUT2D eigenvalue weighted by Gasteiger charge is 2.29. The normalized spacial score (nSPS) is 18.1. The summed E-state index contributed by atoms with van der Waals surface area (Å²) < 4.78 is 2.40. The maximum absolute atomic E-state index is 11.7. The Labute approximate surface area is 124 Å². The van der Waals surface area contributed by atoms with E-state index in [1.54, 1.807) is 0 Å². The van der Waals surface area contributed by atoms with Crippen molar-refractivity contribution < 1.29 is 4.79 Å². The van der Waals surface area contributed by atoms with E-state index in [0.29, 0.717) is 12.6 Å². The van der Waals surface area contributed by atoms with Gasteiger partial charge in [0.05, 0.1) is 11.0 Å². The lowest BCUT2D eigenvalue weighted by molar-refractivity contribution is -0.122. The maximum Gasteiger partial charge on any atom is 0.223 e. The molecule has 2 saturated carbocycles. The second-order valence-corrected chi connectivity index (χ2v) is 6.30. The summed E-state index contributed by atoms with van der Waals surface area (Å²) in [6, 6.07) is 7.07. The molecule has 4 nitrogen and oxygen atoms in total. The lowest BCUT2D eigenvalue weighted by atomic mass is 10.2. The van der Waals surface area contributed by atoms with Gasteiger partial charge in [0.2, 0.25) is 5.91 Å². The Morgan fingerprint density at radius 2 is 2.14 bits per heavy atom. The minimum Gasteiger partial charge on any atom is -0.352 e. The molecule has 0 bridgehead atoms. The molecular weight excluding hydrogens is 262 g/mol. The molecule has 0 atom stereocenters. The molecule has 2 aliphatic rings. The van der Waals surface area contributed by atoms with Gasteiger partial charge < -0.3 is 9.88 Å². The van der Waals surface area contributed by atoms with E-state index in [9.17, 15) is 4.79 Å². The average molecular weight is 283 g/mol. The number of carbonyl (C=O) groups excluding carboxylic acids is 1. The third kappa shape index (κ3) is 2.43. The van der Waals surface area contributed by atoms with E-state index in [1.165, 1.54) is 24.2 Å². The summed E-state index contributed by atoms with van der Waals surface area (Å²) in [5, 5.41) is 3.02. The monoisotopic (exact) mass is 283 g/mol. The molecule has 0 saturated heterocycles. The van der Waals surface area contributed by atoms with E-state index in [2.05, 4.69) is 35.0 Å². The van der Waals surface area contributed by atoms with Gasteiger partial charge in [0, 0.05) is 24.9 Å². The van der Waals surface area contributed by atoms with Crippen LogP contribution in [0.2, 0.25) is 0 Å². The molecule has 1 heterocycles. The van der Waals surface area contributed by atoms with Gasteiger partial charge in [0.25, 0.3) is 0 Å². The SMILES string of the molecule is CCc1nc2cc(CNC(=O)C3CC3)ccc2n1C1CC1. The molecule has 1 aromatic heterocycles. The summed E-state index contributed by atoms with van der Waals surface area (Å²) in [5.41, 5.74) is 3.45. The van der Waals surface area contributed by atoms with E-state index in [-0.39, 0.29) is 11.8 Å². The van der Waals surface area contributed by atoms with Crippen molar-refractivity contribution in [2.24, 2.45) is 5.92 Å². The number of amides is 1. The first-order chi connectivity index (χ1) is 10.3. The maximum atomic E-state index is 11.7. The van der Waals surface area contributed by atoms with Gasteiger partial charge in [-0.2, -0.15) is 0 Å². The third-order valence-corrected chi connectivity index (χ3v) is 4.47. The lowest BCUT2D eigenvalue weighted by Gasteiger charge is -2.07. The van der Waals surface area contributed by atoms with Crippen molar-refractivity contribution in [1.82, 2.24) is 14.9 Å². The number of fused-ring (bicyclic) bond motifs is 1. The minimum atomic E-state index is 0.202. The van der Waals surface area contributed by atoms with Crippen LogP contribution < -0.4 is 5.32 Å². The zero-order valence-corrected chi connectivity index (χ0v) is 12.4. The molecule has 1 aromatic carbocycles. The van der Waals surface area contributed by atoms with Gasteiger partial charge >= 0.3 is 0 Å². The molecule has 0 radical (unpaired) electrons. The number of hydrogen-bond donors (Lipinski definition) is 1. The molecule has 21 heavy (non-hydrogen) atoms. The number of benzene rings is 1. The highest BCUT2D eigenvalue weighted by atomic mass is 16.2. The number of carbonyl (C=O) groups is 1. The first kappa shape index (κ1) is 12.9. The zero-order chi connectivity index (χ0) is 14.4. The van der Waals surface area contributed by atoms with Crippen LogP contribution in [-0.2, 0) is 17.8 Å². The van der Waals surface area contributed by atoms with E-state index < -0.39 is 0 Å². The minimum absolute atomic E-state index is 0.202. The van der Waals surface area contributed by atoms with E-state index in [1.807, 2.05) is 0 Å². The Hall–Kier alpha value is -1.84. The standard InChI is InChI=1S/C17H21N3O/c1-2-16-19-14-9-11(10-18-17(21)12-4-5-12)3-8-15(14)20(16)13-6-7-13/h3,8-9,12-13H,2,4-7,10H2,1H3,(H,18,21). The van der Waals surface area contributed by atoms with Crippen LogP contribution >= 0.6 is 0 Å². The van der Waals surface area contributed by atoms with Gasteiger partial charge in [-0.1, -0.05) is 13.0 Å². The van der Waals surface area contributed by atoms with Crippen molar-refractivity contribution in [2.75, 3.05) is 0 Å². The van der Waals surface area contributed by atoms with Crippen LogP contribution in [-0.4, -0.2) is 15.5 Å². The molecule has 1 amide bonds. The van der Waals surface area contributed by atoms with Crippen molar-refractivity contribution >= 4 is 16.9 Å². The molecule has 4 heteroatoms. The fourth-order valence-electron chi connectivity index (χ4n) is 2.97. The molecule has 1 N–H and O–H groups in total. The second kappa shape index (κ2) is 4.86. The van der Waals surface area contributed by atoms with Gasteiger partial charge in [0.15, 0.2) is 0 Å². The Bertz CT molecular complexity index is 695. The van der Waals surface area contributed by atoms with Gasteiger partial charge in [-0.15, -0.1) is 0 Å². The van der Waals surface area contributed by atoms with Gasteiger partial charge in [0.1, 0.15) is 5.82 Å². The smallest absolute Gasteiger partial charge is 0.223 e. The number of hydrogen-bond acceptors (Lipinski definition) is 2. The third-order valence-electron chi connectivity index (χ3n) is 4.47. The molecule has 0 spiro atoms. The van der Waals surface area contributed by atoms with Crippen molar-refractivity contribution in [1.29, 1.82) is 0 Å². The Balaban J connectivity index is 1.58. The number of nitrogens with zero attached hydrogens (tertiary/aromatic N) is 2. The van der Waals surface area contributed by atoms with Crippen molar-refractivity contribution in [3.8, 4) is 0 Å². The Kier molecular flexibility index (Phi) is 2.98. The number of aromatic nitrogens is 2. The van der Waals surface area contributed by atoms with Crippen LogP contribution in [0.4, 0.5) is 0 Å². The highest BCUT2D eigenvalue weighted by molar-refractivity contribution is 5.81. The van der Waals surface area contributed by atoms with Crippen LogP contribution in [0.5, 0.6) is 0 Å². The summed E-state index contributed by atoms with van der Waals surface area (Å²) in [7, 11) is 0. The predicted molar refractivity (Wildman–Crippen MR) is 82.0 cm³/mol. The van der Waals surface area contributed by atoms with Crippen LogP contribution in [0.25, 0.3) is 11.0 Å². The van der Waals surface area contributed by atoms with Crippen molar-refractivity contribution in [3.05, 3.63) is 29.6 Å². The summed E-state index contributed by atoms with van der Waals surface area (Å²) in [6.07, 6.45) is 5.63. The molecule has 0 aliphatic heterocycles. The fourth-order valence-corrected chi connectivity index (χ4v) is 2.97. The first-order valence-corrected chi connectivity index (χ1v) is 8.03. The van der Waals surface area contributed by atoms with Gasteiger partial charge in [-0.25, -0.2) is 4.98 Å². The number of rotatable bonds is 5.